The highest BCUT2D eigenvalue weighted by Crippen LogP contribution is 2.39. The molecule has 3 nitrogen and oxygen atoms in total. The van der Waals surface area contributed by atoms with Crippen molar-refractivity contribution in [3.63, 3.8) is 0 Å². The second-order valence-electron chi connectivity index (χ2n) is 5.24. The van der Waals surface area contributed by atoms with Gasteiger partial charge in [-0.25, -0.2) is 21.9 Å². The van der Waals surface area contributed by atoms with Crippen molar-refractivity contribution in [2.24, 2.45) is 5.41 Å². The van der Waals surface area contributed by atoms with Crippen LogP contribution >= 0.6 is 15.9 Å². The smallest absolute Gasteiger partial charge is 0.211 e. The van der Waals surface area contributed by atoms with Crippen molar-refractivity contribution in [3.8, 4) is 0 Å². The maximum absolute atomic E-state index is 13.1. The fourth-order valence-corrected chi connectivity index (χ4v) is 4.39. The molecule has 1 fully saturated rings. The van der Waals surface area contributed by atoms with Crippen LogP contribution < -0.4 is 4.72 Å². The molecule has 1 saturated carbocycles. The lowest BCUT2D eigenvalue weighted by atomic mass is 9.89. The van der Waals surface area contributed by atoms with Crippen LogP contribution in [0.1, 0.15) is 25.7 Å². The third-order valence-corrected chi connectivity index (χ3v) is 6.37. The van der Waals surface area contributed by atoms with Crippen LogP contribution in [0.3, 0.4) is 0 Å². The fourth-order valence-electron chi connectivity index (χ4n) is 2.46. The Morgan fingerprint density at radius 2 is 1.85 bits per heavy atom. The van der Waals surface area contributed by atoms with Gasteiger partial charge < -0.3 is 0 Å². The first-order chi connectivity index (χ1) is 9.38. The second kappa shape index (κ2) is 6.07. The largest absolute Gasteiger partial charge is 0.240 e. The minimum Gasteiger partial charge on any atom is -0.211 e. The Labute approximate surface area is 125 Å². The molecule has 0 bridgehead atoms. The number of sulfonamides is 1. The van der Waals surface area contributed by atoms with Crippen LogP contribution in [0, 0.1) is 17.0 Å². The van der Waals surface area contributed by atoms with Crippen LogP contribution in [0.15, 0.2) is 23.1 Å². The zero-order valence-corrected chi connectivity index (χ0v) is 13.2. The van der Waals surface area contributed by atoms with E-state index in [1.165, 1.54) is 0 Å². The van der Waals surface area contributed by atoms with Crippen LogP contribution in [0.2, 0.25) is 0 Å². The topological polar surface area (TPSA) is 46.2 Å². The molecule has 1 N–H and O–H groups in total. The molecule has 0 heterocycles. The number of hydrogen-bond acceptors (Lipinski definition) is 2. The number of hydrogen-bond donors (Lipinski definition) is 1. The maximum atomic E-state index is 13.1. The summed E-state index contributed by atoms with van der Waals surface area (Å²) in [5, 5.41) is 0.723. The van der Waals surface area contributed by atoms with Crippen LogP contribution in [-0.2, 0) is 10.0 Å². The Morgan fingerprint density at radius 3 is 2.40 bits per heavy atom. The summed E-state index contributed by atoms with van der Waals surface area (Å²) in [7, 11) is -3.81. The molecule has 1 aliphatic rings. The van der Waals surface area contributed by atoms with Crippen LogP contribution in [0.25, 0.3) is 0 Å². The molecule has 0 saturated heterocycles. The zero-order valence-electron chi connectivity index (χ0n) is 10.8. The Kier molecular flexibility index (Phi) is 4.81. The number of rotatable bonds is 5. The molecule has 0 unspecified atom stereocenters. The quantitative estimate of drug-likeness (QED) is 0.812. The van der Waals surface area contributed by atoms with E-state index in [1.54, 1.807) is 0 Å². The van der Waals surface area contributed by atoms with E-state index in [4.69, 9.17) is 0 Å². The van der Waals surface area contributed by atoms with E-state index in [0.717, 1.165) is 43.1 Å². The van der Waals surface area contributed by atoms with E-state index in [9.17, 15) is 17.2 Å². The van der Waals surface area contributed by atoms with Crippen molar-refractivity contribution in [2.45, 2.75) is 30.6 Å². The third-order valence-electron chi connectivity index (χ3n) is 3.79. The molecular weight excluding hydrogens is 352 g/mol. The maximum Gasteiger partial charge on any atom is 0.240 e. The van der Waals surface area contributed by atoms with Crippen molar-refractivity contribution in [3.05, 3.63) is 29.8 Å². The first-order valence-electron chi connectivity index (χ1n) is 6.39. The van der Waals surface area contributed by atoms with Gasteiger partial charge in [0.15, 0.2) is 11.6 Å². The summed E-state index contributed by atoms with van der Waals surface area (Å²) in [4.78, 5) is -0.251. The molecule has 20 heavy (non-hydrogen) atoms. The predicted molar refractivity (Wildman–Crippen MR) is 76.2 cm³/mol. The first-order valence-corrected chi connectivity index (χ1v) is 9.00. The van der Waals surface area contributed by atoms with Crippen molar-refractivity contribution >= 4 is 26.0 Å². The van der Waals surface area contributed by atoms with Gasteiger partial charge in [-0.05, 0) is 36.5 Å². The minimum atomic E-state index is -3.81. The molecule has 1 aromatic rings. The monoisotopic (exact) mass is 367 g/mol. The number of halogens is 3. The molecule has 0 atom stereocenters. The summed E-state index contributed by atoms with van der Waals surface area (Å²) in [6, 6.07) is 2.59. The van der Waals surface area contributed by atoms with E-state index >= 15 is 0 Å². The van der Waals surface area contributed by atoms with E-state index < -0.39 is 21.7 Å². The average molecular weight is 368 g/mol. The van der Waals surface area contributed by atoms with Crippen molar-refractivity contribution in [1.82, 2.24) is 4.72 Å². The molecule has 2 rings (SSSR count). The minimum absolute atomic E-state index is 0.0777. The lowest BCUT2D eigenvalue weighted by molar-refractivity contribution is 0.347. The summed E-state index contributed by atoms with van der Waals surface area (Å²) < 4.78 is 52.7. The molecule has 0 aromatic heterocycles. The van der Waals surface area contributed by atoms with E-state index in [1.807, 2.05) is 0 Å². The third kappa shape index (κ3) is 3.38. The van der Waals surface area contributed by atoms with Gasteiger partial charge in [-0.3, -0.25) is 0 Å². The molecule has 0 amide bonds. The van der Waals surface area contributed by atoms with Gasteiger partial charge in [-0.1, -0.05) is 28.8 Å². The molecule has 112 valence electrons. The van der Waals surface area contributed by atoms with Gasteiger partial charge in [-0.2, -0.15) is 0 Å². The zero-order chi connectivity index (χ0) is 14.8. The second-order valence-corrected chi connectivity index (χ2v) is 7.57. The standard InChI is InChI=1S/C13H16BrF2NO2S/c14-8-13(5-1-2-6-13)9-17-20(18,19)10-3-4-11(15)12(16)7-10/h3-4,7,17H,1-2,5-6,8-9H2. The highest BCUT2D eigenvalue weighted by Gasteiger charge is 2.34. The van der Waals surface area contributed by atoms with Crippen molar-refractivity contribution in [2.75, 3.05) is 11.9 Å². The molecular formula is C13H16BrF2NO2S. The summed E-state index contributed by atoms with van der Waals surface area (Å²) in [6.07, 6.45) is 4.08. The van der Waals surface area contributed by atoms with Crippen molar-refractivity contribution in [1.29, 1.82) is 0 Å². The predicted octanol–water partition coefficient (Wildman–Crippen LogP) is 3.20. The van der Waals surface area contributed by atoms with Gasteiger partial charge in [-0.15, -0.1) is 0 Å². The molecule has 0 spiro atoms. The van der Waals surface area contributed by atoms with E-state index in [2.05, 4.69) is 20.7 Å². The van der Waals surface area contributed by atoms with Gasteiger partial charge in [0.25, 0.3) is 0 Å². The lowest BCUT2D eigenvalue weighted by Gasteiger charge is -2.26. The van der Waals surface area contributed by atoms with E-state index in [0.29, 0.717) is 12.6 Å². The Morgan fingerprint density at radius 1 is 1.20 bits per heavy atom. The summed E-state index contributed by atoms with van der Waals surface area (Å²) in [5.41, 5.74) is -0.0777. The molecule has 1 aromatic carbocycles. The van der Waals surface area contributed by atoms with Crippen molar-refractivity contribution < 1.29 is 17.2 Å². The summed E-state index contributed by atoms with van der Waals surface area (Å²) in [6.45, 7) is 0.305. The van der Waals surface area contributed by atoms with Crippen LogP contribution in [-0.4, -0.2) is 20.3 Å². The fraction of sp³-hybridized carbons (Fsp3) is 0.538. The molecule has 1 aliphatic carbocycles. The highest BCUT2D eigenvalue weighted by atomic mass is 79.9. The van der Waals surface area contributed by atoms with Gasteiger partial charge in [0.05, 0.1) is 4.90 Å². The number of nitrogens with one attached hydrogen (secondary N) is 1. The van der Waals surface area contributed by atoms with Gasteiger partial charge in [0, 0.05) is 11.9 Å². The molecule has 0 radical (unpaired) electrons. The Bertz CT molecular complexity index is 586. The molecule has 7 heteroatoms. The Hall–Kier alpha value is -0.530. The lowest BCUT2D eigenvalue weighted by Crippen LogP contribution is -2.37. The van der Waals surface area contributed by atoms with Crippen LogP contribution in [0.4, 0.5) is 8.78 Å². The normalized spacial score (nSPS) is 18.4. The summed E-state index contributed by atoms with van der Waals surface area (Å²) in [5.74, 6) is -2.22. The van der Waals surface area contributed by atoms with Gasteiger partial charge >= 0.3 is 0 Å². The Balaban J connectivity index is 2.13. The SMILES string of the molecule is O=S(=O)(NCC1(CBr)CCCC1)c1ccc(F)c(F)c1. The van der Waals surface area contributed by atoms with Gasteiger partial charge in [0.2, 0.25) is 10.0 Å². The average Bonchev–Trinajstić information content (AvgIpc) is 2.89. The first kappa shape index (κ1) is 15.9. The number of alkyl halides is 1. The highest BCUT2D eigenvalue weighted by molar-refractivity contribution is 9.09. The van der Waals surface area contributed by atoms with Crippen LogP contribution in [0.5, 0.6) is 0 Å². The van der Waals surface area contributed by atoms with Gasteiger partial charge in [0.1, 0.15) is 0 Å². The molecule has 0 aliphatic heterocycles. The van der Waals surface area contributed by atoms with E-state index in [-0.39, 0.29) is 10.3 Å². The number of benzene rings is 1. The summed E-state index contributed by atoms with van der Waals surface area (Å²) >= 11 is 3.43.